The molecule has 0 radical (unpaired) electrons. The summed E-state index contributed by atoms with van der Waals surface area (Å²) in [5.74, 6) is 2.37. The summed E-state index contributed by atoms with van der Waals surface area (Å²) in [5.41, 5.74) is 2.15. The van der Waals surface area contributed by atoms with E-state index in [1.165, 1.54) is 0 Å². The molecule has 2 aromatic heterocycles. The van der Waals surface area contributed by atoms with Crippen molar-refractivity contribution in [1.82, 2.24) is 35.2 Å². The van der Waals surface area contributed by atoms with Gasteiger partial charge in [0.2, 0.25) is 0 Å². The minimum Gasteiger partial charge on any atom is -0.353 e. The van der Waals surface area contributed by atoms with Gasteiger partial charge in [0.1, 0.15) is 12.4 Å². The zero-order valence-electron chi connectivity index (χ0n) is 16.5. The summed E-state index contributed by atoms with van der Waals surface area (Å²) in [5, 5.41) is 19.2. The number of aliphatic imine (C=N–C) groups is 1. The first-order valence-corrected chi connectivity index (χ1v) is 9.19. The van der Waals surface area contributed by atoms with E-state index in [9.17, 15) is 0 Å². The Hall–Kier alpha value is -3.42. The molecule has 1 aromatic carbocycles. The van der Waals surface area contributed by atoms with Crippen molar-refractivity contribution in [2.75, 3.05) is 6.54 Å². The van der Waals surface area contributed by atoms with Crippen LogP contribution in [0.25, 0.3) is 5.69 Å². The number of aromatic nitrogens is 5. The summed E-state index contributed by atoms with van der Waals surface area (Å²) < 4.78 is 3.78. The number of rotatable bonds is 7. The number of guanidine groups is 1. The molecule has 0 bridgehead atoms. The largest absolute Gasteiger partial charge is 0.353 e. The van der Waals surface area contributed by atoms with Crippen LogP contribution >= 0.6 is 0 Å². The highest BCUT2D eigenvalue weighted by Crippen LogP contribution is 2.16. The number of benzene rings is 1. The second-order valence-electron chi connectivity index (χ2n) is 6.47. The van der Waals surface area contributed by atoms with Crippen LogP contribution in [0.15, 0.2) is 60.4 Å². The van der Waals surface area contributed by atoms with Crippen LogP contribution in [0.3, 0.4) is 0 Å². The van der Waals surface area contributed by atoms with Crippen molar-refractivity contribution in [2.24, 2.45) is 12.0 Å². The quantitative estimate of drug-likeness (QED) is 0.374. The standard InChI is InChI=1S/C20H26N8/c1-5-10-21-20(22-14-19-26-25-16(3)27(19)4)24-15(2)17-8-6-9-18(13-17)28-12-7-11-23-28/h5-9,11-13,15H,1,10,14H2,2-4H3,(H2,21,22,24). The Balaban J connectivity index is 1.74. The smallest absolute Gasteiger partial charge is 0.192 e. The number of aryl methyl sites for hydroxylation is 1. The van der Waals surface area contributed by atoms with E-state index in [0.29, 0.717) is 19.0 Å². The third-order valence-corrected chi connectivity index (χ3v) is 4.47. The molecule has 3 rings (SSSR count). The number of hydrogen-bond donors (Lipinski definition) is 2. The Kier molecular flexibility index (Phi) is 6.21. The van der Waals surface area contributed by atoms with Gasteiger partial charge in [-0.05, 0) is 37.6 Å². The van der Waals surface area contributed by atoms with E-state index in [2.05, 4.69) is 56.6 Å². The van der Waals surface area contributed by atoms with Gasteiger partial charge in [-0.2, -0.15) is 5.10 Å². The molecular formula is C20H26N8. The van der Waals surface area contributed by atoms with Gasteiger partial charge in [-0.1, -0.05) is 18.2 Å². The van der Waals surface area contributed by atoms with Gasteiger partial charge in [-0.3, -0.25) is 0 Å². The normalized spacial score (nSPS) is 12.6. The maximum absolute atomic E-state index is 4.65. The molecule has 8 heteroatoms. The molecule has 2 N–H and O–H groups in total. The summed E-state index contributed by atoms with van der Waals surface area (Å²) >= 11 is 0. The molecule has 3 aromatic rings. The molecule has 1 unspecified atom stereocenters. The Labute approximate surface area is 165 Å². The summed E-state index contributed by atoms with van der Waals surface area (Å²) in [7, 11) is 1.94. The maximum atomic E-state index is 4.65. The number of nitrogens with one attached hydrogen (secondary N) is 2. The highest BCUT2D eigenvalue weighted by atomic mass is 15.3. The molecule has 0 fully saturated rings. The topological polar surface area (TPSA) is 85.0 Å². The lowest BCUT2D eigenvalue weighted by molar-refractivity contribution is 0.683. The molecule has 0 spiro atoms. The van der Waals surface area contributed by atoms with Crippen LogP contribution in [0.4, 0.5) is 0 Å². The SMILES string of the molecule is C=CCNC(=NCc1nnc(C)n1C)NC(C)c1cccc(-n2cccn2)c1. The fourth-order valence-corrected chi connectivity index (χ4v) is 2.71. The van der Waals surface area contributed by atoms with Gasteiger partial charge in [0, 0.05) is 26.0 Å². The van der Waals surface area contributed by atoms with Gasteiger partial charge in [0.05, 0.1) is 11.7 Å². The summed E-state index contributed by atoms with van der Waals surface area (Å²) in [6, 6.07) is 10.2. The molecule has 8 nitrogen and oxygen atoms in total. The molecule has 28 heavy (non-hydrogen) atoms. The van der Waals surface area contributed by atoms with Crippen LogP contribution in [0.2, 0.25) is 0 Å². The third-order valence-electron chi connectivity index (χ3n) is 4.47. The zero-order valence-corrected chi connectivity index (χ0v) is 16.5. The molecule has 0 aliphatic rings. The average molecular weight is 378 g/mol. The Morgan fingerprint density at radius 2 is 2.18 bits per heavy atom. The first kappa shape index (κ1) is 19.3. The fraction of sp³-hybridized carbons (Fsp3) is 0.300. The third kappa shape index (κ3) is 4.64. The predicted molar refractivity (Wildman–Crippen MR) is 110 cm³/mol. The van der Waals surface area contributed by atoms with E-state index < -0.39 is 0 Å². The minimum absolute atomic E-state index is 0.0489. The molecule has 0 aliphatic carbocycles. The van der Waals surface area contributed by atoms with E-state index in [1.54, 1.807) is 12.3 Å². The Morgan fingerprint density at radius 3 is 2.86 bits per heavy atom. The van der Waals surface area contributed by atoms with Crippen molar-refractivity contribution in [3.05, 3.63) is 72.6 Å². The van der Waals surface area contributed by atoms with E-state index in [1.807, 2.05) is 47.6 Å². The minimum atomic E-state index is 0.0489. The fourth-order valence-electron chi connectivity index (χ4n) is 2.71. The second-order valence-corrected chi connectivity index (χ2v) is 6.47. The molecule has 0 aliphatic heterocycles. The van der Waals surface area contributed by atoms with Crippen molar-refractivity contribution in [3.8, 4) is 5.69 Å². The first-order valence-electron chi connectivity index (χ1n) is 9.19. The number of nitrogens with zero attached hydrogens (tertiary/aromatic N) is 6. The van der Waals surface area contributed by atoms with Crippen LogP contribution in [0.5, 0.6) is 0 Å². The maximum Gasteiger partial charge on any atom is 0.192 e. The molecule has 0 saturated heterocycles. The van der Waals surface area contributed by atoms with Crippen molar-refractivity contribution in [1.29, 1.82) is 0 Å². The van der Waals surface area contributed by atoms with E-state index >= 15 is 0 Å². The monoisotopic (exact) mass is 378 g/mol. The predicted octanol–water partition coefficient (Wildman–Crippen LogP) is 2.29. The molecule has 0 saturated carbocycles. The summed E-state index contributed by atoms with van der Waals surface area (Å²) in [6.07, 6.45) is 5.50. The van der Waals surface area contributed by atoms with Crippen LogP contribution in [-0.2, 0) is 13.6 Å². The lowest BCUT2D eigenvalue weighted by atomic mass is 10.1. The molecule has 2 heterocycles. The number of hydrogen-bond acceptors (Lipinski definition) is 4. The first-order chi connectivity index (χ1) is 13.6. The van der Waals surface area contributed by atoms with Gasteiger partial charge in [-0.25, -0.2) is 9.67 Å². The summed E-state index contributed by atoms with van der Waals surface area (Å²) in [6.45, 7) is 8.83. The average Bonchev–Trinajstić information content (AvgIpc) is 3.35. The highest BCUT2D eigenvalue weighted by molar-refractivity contribution is 5.80. The van der Waals surface area contributed by atoms with E-state index in [0.717, 1.165) is 22.9 Å². The Morgan fingerprint density at radius 1 is 1.32 bits per heavy atom. The van der Waals surface area contributed by atoms with Crippen molar-refractivity contribution >= 4 is 5.96 Å². The van der Waals surface area contributed by atoms with Crippen LogP contribution < -0.4 is 10.6 Å². The van der Waals surface area contributed by atoms with E-state index in [-0.39, 0.29) is 6.04 Å². The van der Waals surface area contributed by atoms with Crippen LogP contribution in [0, 0.1) is 6.92 Å². The lowest BCUT2D eigenvalue weighted by Crippen LogP contribution is -2.39. The molecule has 1 atom stereocenters. The van der Waals surface area contributed by atoms with E-state index in [4.69, 9.17) is 0 Å². The van der Waals surface area contributed by atoms with Crippen molar-refractivity contribution in [2.45, 2.75) is 26.4 Å². The molecule has 146 valence electrons. The van der Waals surface area contributed by atoms with Gasteiger partial charge >= 0.3 is 0 Å². The van der Waals surface area contributed by atoms with Crippen LogP contribution in [-0.4, -0.2) is 37.0 Å². The van der Waals surface area contributed by atoms with Crippen molar-refractivity contribution < 1.29 is 0 Å². The van der Waals surface area contributed by atoms with Gasteiger partial charge < -0.3 is 15.2 Å². The summed E-state index contributed by atoms with van der Waals surface area (Å²) in [4.78, 5) is 4.65. The lowest BCUT2D eigenvalue weighted by Gasteiger charge is -2.19. The van der Waals surface area contributed by atoms with Crippen molar-refractivity contribution in [3.63, 3.8) is 0 Å². The van der Waals surface area contributed by atoms with Crippen LogP contribution in [0.1, 0.15) is 30.2 Å². The zero-order chi connectivity index (χ0) is 19.9. The Bertz CT molecular complexity index is 939. The van der Waals surface area contributed by atoms with Gasteiger partial charge in [-0.15, -0.1) is 16.8 Å². The van der Waals surface area contributed by atoms with Gasteiger partial charge in [0.25, 0.3) is 0 Å². The highest BCUT2D eigenvalue weighted by Gasteiger charge is 2.10. The second kappa shape index (κ2) is 8.98. The molecule has 0 amide bonds. The molecular weight excluding hydrogens is 352 g/mol. The van der Waals surface area contributed by atoms with Gasteiger partial charge in [0.15, 0.2) is 11.8 Å².